The Labute approximate surface area is 200 Å². The molecule has 0 heterocycles. The first-order valence-electron chi connectivity index (χ1n) is 11.0. The Morgan fingerprint density at radius 3 is 0.969 bits per heavy atom. The molecule has 0 amide bonds. The van der Waals surface area contributed by atoms with E-state index in [9.17, 15) is 0 Å². The van der Waals surface area contributed by atoms with Gasteiger partial charge >= 0.3 is 201 Å². The second-order valence-corrected chi connectivity index (χ2v) is 16.4. The van der Waals surface area contributed by atoms with Gasteiger partial charge < -0.3 is 0 Å². The van der Waals surface area contributed by atoms with Crippen molar-refractivity contribution in [1.82, 2.24) is 0 Å². The monoisotopic (exact) mass is 516 g/mol. The number of hydrogen-bond acceptors (Lipinski definition) is 3. The Balaban J connectivity index is 1.67. The van der Waals surface area contributed by atoms with Crippen molar-refractivity contribution in [2.24, 2.45) is 0 Å². The van der Waals surface area contributed by atoms with Crippen molar-refractivity contribution in [2.75, 3.05) is 39.8 Å². The van der Waals surface area contributed by atoms with Crippen LogP contribution < -0.4 is 14.2 Å². The van der Waals surface area contributed by atoms with Crippen LogP contribution in [0.5, 0.6) is 17.2 Å². The van der Waals surface area contributed by atoms with Crippen molar-refractivity contribution in [3.05, 3.63) is 89.5 Å². The minimum atomic E-state index is -1.24. The van der Waals surface area contributed by atoms with Crippen LogP contribution in [-0.2, 0) is 19.3 Å². The summed E-state index contributed by atoms with van der Waals surface area (Å²) in [5.41, 5.74) is 2.88. The molecule has 0 spiro atoms. The van der Waals surface area contributed by atoms with Crippen LogP contribution in [0.4, 0.5) is 0 Å². The van der Waals surface area contributed by atoms with Crippen LogP contribution in [0.1, 0.15) is 16.7 Å². The molecule has 0 N–H and O–H groups in total. The first-order valence-corrected chi connectivity index (χ1v) is 15.6. The van der Waals surface area contributed by atoms with Gasteiger partial charge in [0.15, 0.2) is 0 Å². The zero-order valence-electron chi connectivity index (χ0n) is 19.3. The number of methoxy groups -OCH3 is 3. The molecule has 170 valence electrons. The average Bonchev–Trinajstić information content (AvgIpc) is 2.86. The SMILES string of the molecule is COc1ccc(CCP(=[Se])(CCc2ccc(OC)cc2)CCc2ccc(OC)cc2)cc1. The molecule has 0 aliphatic heterocycles. The Morgan fingerprint density at radius 2 is 0.750 bits per heavy atom. The summed E-state index contributed by atoms with van der Waals surface area (Å²) in [7, 11) is 5.14. The van der Waals surface area contributed by atoms with Crippen LogP contribution in [0.2, 0.25) is 0 Å². The molecular weight excluding hydrogens is 482 g/mol. The van der Waals surface area contributed by atoms with E-state index < -0.39 is 5.51 Å². The van der Waals surface area contributed by atoms with Crippen LogP contribution in [0.25, 0.3) is 0 Å². The second-order valence-electron chi connectivity index (χ2n) is 8.02. The van der Waals surface area contributed by atoms with E-state index in [0.29, 0.717) is 0 Å². The average molecular weight is 515 g/mol. The summed E-state index contributed by atoms with van der Waals surface area (Å²) in [6, 6.07) is 25.5. The molecule has 0 unspecified atom stereocenters. The van der Waals surface area contributed by atoms with Gasteiger partial charge in [-0.1, -0.05) is 0 Å². The third-order valence-corrected chi connectivity index (χ3v) is 12.5. The fraction of sp³-hybridized carbons (Fsp3) is 0.333. The number of rotatable bonds is 12. The summed E-state index contributed by atoms with van der Waals surface area (Å²) in [5, 5.41) is 0. The normalized spacial score (nSPS) is 11.2. The molecule has 0 bridgehead atoms. The molecule has 0 aliphatic carbocycles. The Bertz CT molecular complexity index is 867. The predicted octanol–water partition coefficient (Wildman–Crippen LogP) is 5.84. The maximum atomic E-state index is 5.31. The van der Waals surface area contributed by atoms with Crippen molar-refractivity contribution < 1.29 is 14.2 Å². The van der Waals surface area contributed by atoms with Gasteiger partial charge in [0, 0.05) is 0 Å². The van der Waals surface area contributed by atoms with Gasteiger partial charge in [-0.2, -0.15) is 0 Å². The quantitative estimate of drug-likeness (QED) is 0.224. The molecule has 0 aromatic heterocycles. The minimum absolute atomic E-state index is 0.914. The molecule has 0 saturated carbocycles. The van der Waals surface area contributed by atoms with E-state index in [1.807, 2.05) is 0 Å². The van der Waals surface area contributed by atoms with Crippen LogP contribution in [0.15, 0.2) is 72.8 Å². The van der Waals surface area contributed by atoms with Crippen LogP contribution in [0, 0.1) is 0 Å². The summed E-state index contributed by atoms with van der Waals surface area (Å²) in [4.78, 5) is 0. The zero-order chi connectivity index (χ0) is 22.8. The van der Waals surface area contributed by atoms with E-state index in [2.05, 4.69) is 87.9 Å². The standard InChI is InChI=1S/C27H33O3PSe/c1-28-25-10-4-22(5-11-25)16-19-31(32,20-17-23-6-12-26(29-2)13-7-23)21-18-24-8-14-27(30-3)15-9-24/h4-15H,16-21H2,1-3H3. The van der Waals surface area contributed by atoms with Gasteiger partial charge in [-0.3, -0.25) is 0 Å². The molecule has 3 aromatic rings. The van der Waals surface area contributed by atoms with E-state index >= 15 is 0 Å². The zero-order valence-corrected chi connectivity index (χ0v) is 21.9. The topological polar surface area (TPSA) is 27.7 Å². The van der Waals surface area contributed by atoms with Gasteiger partial charge in [-0.25, -0.2) is 0 Å². The van der Waals surface area contributed by atoms with E-state index in [-0.39, 0.29) is 0 Å². The molecule has 0 atom stereocenters. The fourth-order valence-corrected chi connectivity index (χ4v) is 8.10. The van der Waals surface area contributed by atoms with Gasteiger partial charge in [0.25, 0.3) is 0 Å². The number of hydrogen-bond donors (Lipinski definition) is 0. The molecule has 0 aliphatic rings. The van der Waals surface area contributed by atoms with Crippen molar-refractivity contribution in [1.29, 1.82) is 0 Å². The number of ether oxygens (including phenoxy) is 3. The number of benzene rings is 3. The molecule has 5 heteroatoms. The van der Waals surface area contributed by atoms with E-state index in [1.54, 1.807) is 21.3 Å². The summed E-state index contributed by atoms with van der Waals surface area (Å²) in [6.45, 7) is 0. The van der Waals surface area contributed by atoms with E-state index in [0.717, 1.165) is 36.5 Å². The van der Waals surface area contributed by atoms with Gasteiger partial charge in [-0.05, 0) is 0 Å². The van der Waals surface area contributed by atoms with Crippen molar-refractivity contribution >= 4 is 20.6 Å². The van der Waals surface area contributed by atoms with Crippen LogP contribution >= 0.6 is 5.51 Å². The third-order valence-electron chi connectivity index (χ3n) is 5.90. The van der Waals surface area contributed by atoms with Crippen molar-refractivity contribution in [3.8, 4) is 17.2 Å². The van der Waals surface area contributed by atoms with E-state index in [4.69, 9.17) is 14.2 Å². The van der Waals surface area contributed by atoms with E-state index in [1.165, 1.54) is 35.2 Å². The third kappa shape index (κ3) is 7.55. The summed E-state index contributed by atoms with van der Waals surface area (Å²) in [5.74, 6) is 2.74. The summed E-state index contributed by atoms with van der Waals surface area (Å²) < 4.78 is 15.9. The Hall–Kier alpha value is -1.99. The van der Waals surface area contributed by atoms with Crippen LogP contribution in [-0.4, -0.2) is 54.9 Å². The predicted molar refractivity (Wildman–Crippen MR) is 137 cm³/mol. The van der Waals surface area contributed by atoms with Gasteiger partial charge in [-0.15, -0.1) is 0 Å². The van der Waals surface area contributed by atoms with Crippen molar-refractivity contribution in [2.45, 2.75) is 19.3 Å². The molecule has 3 nitrogen and oxygen atoms in total. The van der Waals surface area contributed by atoms with Crippen LogP contribution in [0.3, 0.4) is 0 Å². The number of aryl methyl sites for hydroxylation is 3. The Morgan fingerprint density at radius 1 is 0.500 bits per heavy atom. The van der Waals surface area contributed by atoms with Crippen molar-refractivity contribution in [3.63, 3.8) is 0 Å². The van der Waals surface area contributed by atoms with Gasteiger partial charge in [0.05, 0.1) is 0 Å². The van der Waals surface area contributed by atoms with Gasteiger partial charge in [0.1, 0.15) is 0 Å². The molecule has 0 radical (unpaired) electrons. The molecule has 0 fully saturated rings. The summed E-state index contributed by atoms with van der Waals surface area (Å²) >= 11 is 3.71. The molecule has 0 saturated heterocycles. The fourth-order valence-electron chi connectivity index (χ4n) is 3.71. The van der Waals surface area contributed by atoms with Gasteiger partial charge in [0.2, 0.25) is 0 Å². The Kier molecular flexibility index (Phi) is 9.48. The summed E-state index contributed by atoms with van der Waals surface area (Å²) in [6.07, 6.45) is 6.92. The molecule has 32 heavy (non-hydrogen) atoms. The molecule has 3 aromatic carbocycles. The second kappa shape index (κ2) is 12.3. The molecule has 3 rings (SSSR count). The maximum absolute atomic E-state index is 5.31. The first-order chi connectivity index (χ1) is 15.5. The first kappa shape index (κ1) is 24.6. The molecular formula is C27H33O3PSe.